The van der Waals surface area contributed by atoms with Gasteiger partial charge in [0.2, 0.25) is 0 Å². The second-order valence-electron chi connectivity index (χ2n) is 7.16. The van der Waals surface area contributed by atoms with Crippen molar-refractivity contribution < 1.29 is 9.53 Å². The van der Waals surface area contributed by atoms with Crippen molar-refractivity contribution in [3.8, 4) is 0 Å². The van der Waals surface area contributed by atoms with E-state index in [4.69, 9.17) is 4.74 Å². The first kappa shape index (κ1) is 14.2. The van der Waals surface area contributed by atoms with Crippen LogP contribution in [-0.4, -0.2) is 16.6 Å². The monoisotopic (exact) mass is 339 g/mol. The molecule has 2 aliphatic rings. The molecule has 1 aromatic rings. The third kappa shape index (κ3) is 1.80. The molecule has 110 valence electrons. The van der Waals surface area contributed by atoms with Gasteiger partial charge in [-0.2, -0.15) is 0 Å². The second-order valence-corrected chi connectivity index (χ2v) is 8.07. The quantitative estimate of drug-likeness (QED) is 0.757. The molecule has 4 heteroatoms. The summed E-state index contributed by atoms with van der Waals surface area (Å²) in [7, 11) is 1.87. The largest absolute Gasteiger partial charge is 0.457 e. The molecular formula is C16H22BrNO2. The molecule has 0 amide bonds. The number of ether oxygens (including phenoxy) is 1. The molecule has 20 heavy (non-hydrogen) atoms. The number of carbonyl (C=O) groups is 1. The minimum Gasteiger partial charge on any atom is -0.457 e. The number of carbonyl (C=O) groups excluding carboxylic acids is 1. The number of rotatable bonds is 2. The van der Waals surface area contributed by atoms with E-state index in [2.05, 4.69) is 36.7 Å². The molecule has 1 heterocycles. The molecule has 0 N–H and O–H groups in total. The summed E-state index contributed by atoms with van der Waals surface area (Å²) in [5.41, 5.74) is 1.00. The maximum absolute atomic E-state index is 12.4. The van der Waals surface area contributed by atoms with Crippen LogP contribution in [0.4, 0.5) is 0 Å². The molecule has 2 fully saturated rings. The maximum Gasteiger partial charge on any atom is 0.355 e. The Balaban J connectivity index is 1.80. The summed E-state index contributed by atoms with van der Waals surface area (Å²) >= 11 is 3.40. The normalized spacial score (nSPS) is 34.5. The van der Waals surface area contributed by atoms with Crippen LogP contribution in [0.15, 0.2) is 16.7 Å². The molecule has 3 unspecified atom stereocenters. The number of esters is 1. The Kier molecular flexibility index (Phi) is 3.09. The Hall–Kier alpha value is -0.770. The van der Waals surface area contributed by atoms with Gasteiger partial charge in [-0.05, 0) is 52.6 Å². The van der Waals surface area contributed by atoms with Crippen molar-refractivity contribution in [3.05, 3.63) is 22.4 Å². The minimum absolute atomic E-state index is 0.0532. The summed E-state index contributed by atoms with van der Waals surface area (Å²) in [6.45, 7) is 6.95. The smallest absolute Gasteiger partial charge is 0.355 e. The lowest BCUT2D eigenvalue weighted by Crippen LogP contribution is -2.38. The average Bonchev–Trinajstić information content (AvgIpc) is 2.86. The van der Waals surface area contributed by atoms with E-state index >= 15 is 0 Å². The molecule has 2 bridgehead atoms. The summed E-state index contributed by atoms with van der Waals surface area (Å²) < 4.78 is 8.60. The van der Waals surface area contributed by atoms with Gasteiger partial charge in [0.15, 0.2) is 0 Å². The van der Waals surface area contributed by atoms with E-state index in [0.717, 1.165) is 10.9 Å². The molecule has 3 atom stereocenters. The fourth-order valence-electron chi connectivity index (χ4n) is 4.23. The van der Waals surface area contributed by atoms with E-state index in [-0.39, 0.29) is 22.9 Å². The van der Waals surface area contributed by atoms with Crippen LogP contribution in [0.5, 0.6) is 0 Å². The highest BCUT2D eigenvalue weighted by atomic mass is 79.9. The summed E-state index contributed by atoms with van der Waals surface area (Å²) in [5.74, 6) is 0.484. The average molecular weight is 340 g/mol. The lowest BCUT2D eigenvalue weighted by Gasteiger charge is -2.38. The van der Waals surface area contributed by atoms with Crippen LogP contribution in [0.2, 0.25) is 0 Å². The topological polar surface area (TPSA) is 31.2 Å². The van der Waals surface area contributed by atoms with Crippen LogP contribution in [0.25, 0.3) is 0 Å². The summed E-state index contributed by atoms with van der Waals surface area (Å²) in [5, 5.41) is 0. The zero-order chi connectivity index (χ0) is 14.7. The van der Waals surface area contributed by atoms with Gasteiger partial charge in [0, 0.05) is 23.1 Å². The number of aryl methyl sites for hydroxylation is 1. The summed E-state index contributed by atoms with van der Waals surface area (Å²) in [6, 6.07) is 1.82. The van der Waals surface area contributed by atoms with E-state index in [0.29, 0.717) is 11.6 Å². The van der Waals surface area contributed by atoms with Crippen molar-refractivity contribution in [1.29, 1.82) is 0 Å². The highest BCUT2D eigenvalue weighted by molar-refractivity contribution is 9.10. The molecule has 0 saturated heterocycles. The van der Waals surface area contributed by atoms with E-state index in [1.807, 2.05) is 23.9 Å². The number of halogens is 1. The predicted octanol–water partition coefficient (Wildman–Crippen LogP) is 4.16. The van der Waals surface area contributed by atoms with Gasteiger partial charge in [0.1, 0.15) is 11.8 Å². The third-order valence-electron chi connectivity index (χ3n) is 6.14. The van der Waals surface area contributed by atoms with Crippen molar-refractivity contribution in [3.63, 3.8) is 0 Å². The molecule has 3 nitrogen and oxygen atoms in total. The van der Waals surface area contributed by atoms with E-state index < -0.39 is 0 Å². The molecular weight excluding hydrogens is 318 g/mol. The number of aromatic nitrogens is 1. The molecule has 0 radical (unpaired) electrons. The Morgan fingerprint density at radius 2 is 2.15 bits per heavy atom. The van der Waals surface area contributed by atoms with E-state index in [9.17, 15) is 4.79 Å². The highest BCUT2D eigenvalue weighted by Gasteiger charge is 2.62. The van der Waals surface area contributed by atoms with Gasteiger partial charge < -0.3 is 9.30 Å². The third-order valence-corrected chi connectivity index (χ3v) is 6.58. The lowest BCUT2D eigenvalue weighted by atomic mass is 9.70. The summed E-state index contributed by atoms with van der Waals surface area (Å²) in [4.78, 5) is 12.4. The SMILES string of the molecule is Cn1cc(Br)cc1C(=O)OC1CC2CCC1(C)C2(C)C. The standard InChI is InChI=1S/C16H22BrNO2/c1-15(2)10-5-6-16(15,3)13(7-10)20-14(19)12-8-11(17)9-18(12)4/h8-10,13H,5-7H2,1-4H3. The van der Waals surface area contributed by atoms with Gasteiger partial charge in [-0.1, -0.05) is 20.8 Å². The van der Waals surface area contributed by atoms with Gasteiger partial charge in [-0.25, -0.2) is 4.79 Å². The van der Waals surface area contributed by atoms with E-state index in [1.165, 1.54) is 12.8 Å². The van der Waals surface area contributed by atoms with Gasteiger partial charge in [0.25, 0.3) is 0 Å². The lowest BCUT2D eigenvalue weighted by molar-refractivity contribution is -0.0249. The molecule has 3 rings (SSSR count). The van der Waals surface area contributed by atoms with E-state index in [1.54, 1.807) is 0 Å². The first-order chi connectivity index (χ1) is 9.25. The van der Waals surface area contributed by atoms with Gasteiger partial charge in [-0.15, -0.1) is 0 Å². The molecule has 2 aliphatic carbocycles. The maximum atomic E-state index is 12.4. The zero-order valence-electron chi connectivity index (χ0n) is 12.6. The minimum atomic E-state index is -0.201. The van der Waals surface area contributed by atoms with Crippen molar-refractivity contribution >= 4 is 21.9 Å². The molecule has 1 aromatic heterocycles. The van der Waals surface area contributed by atoms with Crippen LogP contribution in [0.1, 0.15) is 50.5 Å². The van der Waals surface area contributed by atoms with Crippen LogP contribution in [0, 0.1) is 16.7 Å². The number of nitrogens with zero attached hydrogens (tertiary/aromatic N) is 1. The van der Waals surface area contributed by atoms with Crippen molar-refractivity contribution in [2.75, 3.05) is 0 Å². The first-order valence-electron chi connectivity index (χ1n) is 7.28. The van der Waals surface area contributed by atoms with Gasteiger partial charge >= 0.3 is 5.97 Å². The molecule has 2 saturated carbocycles. The van der Waals surface area contributed by atoms with Crippen molar-refractivity contribution in [2.24, 2.45) is 23.8 Å². The second kappa shape index (κ2) is 4.36. The van der Waals surface area contributed by atoms with Crippen LogP contribution in [0.3, 0.4) is 0 Å². The van der Waals surface area contributed by atoms with Crippen LogP contribution < -0.4 is 0 Å². The van der Waals surface area contributed by atoms with Gasteiger partial charge in [-0.3, -0.25) is 0 Å². The van der Waals surface area contributed by atoms with Crippen LogP contribution >= 0.6 is 15.9 Å². The van der Waals surface area contributed by atoms with Crippen molar-refractivity contribution in [1.82, 2.24) is 4.57 Å². The fourth-order valence-corrected chi connectivity index (χ4v) is 4.75. The predicted molar refractivity (Wildman–Crippen MR) is 81.5 cm³/mol. The molecule has 0 spiro atoms. The zero-order valence-corrected chi connectivity index (χ0v) is 14.2. The Morgan fingerprint density at radius 3 is 2.60 bits per heavy atom. The fraction of sp³-hybridized carbons (Fsp3) is 0.688. The molecule has 0 aliphatic heterocycles. The Bertz CT molecular complexity index is 563. The first-order valence-corrected chi connectivity index (χ1v) is 8.08. The molecule has 0 aromatic carbocycles. The van der Waals surface area contributed by atoms with Crippen LogP contribution in [-0.2, 0) is 11.8 Å². The Labute approximate surface area is 128 Å². The summed E-state index contributed by atoms with van der Waals surface area (Å²) in [6.07, 6.45) is 5.38. The number of fused-ring (bicyclic) bond motifs is 2. The Morgan fingerprint density at radius 1 is 1.45 bits per heavy atom. The number of hydrogen-bond donors (Lipinski definition) is 0. The van der Waals surface area contributed by atoms with Gasteiger partial charge in [0.05, 0.1) is 0 Å². The highest BCUT2D eigenvalue weighted by Crippen LogP contribution is 2.66. The number of hydrogen-bond acceptors (Lipinski definition) is 2. The van der Waals surface area contributed by atoms with Crippen molar-refractivity contribution in [2.45, 2.75) is 46.1 Å².